The van der Waals surface area contributed by atoms with Crippen LogP contribution in [0.2, 0.25) is 0 Å². The molecular weight excluding hydrogens is 482 g/mol. The highest BCUT2D eigenvalue weighted by molar-refractivity contribution is 5.89. The molecule has 0 fully saturated rings. The van der Waals surface area contributed by atoms with E-state index in [1.807, 2.05) is 24.5 Å². The van der Waals surface area contributed by atoms with Gasteiger partial charge in [0.1, 0.15) is 0 Å². The van der Waals surface area contributed by atoms with Crippen LogP contribution in [0.1, 0.15) is 0 Å². The highest BCUT2D eigenvalue weighted by Gasteiger charge is 2.16. The molecule has 0 spiro atoms. The average Bonchev–Trinajstić information content (AvgIpc) is 3.01. The standard InChI is InChI=1S/C32H21N7/c1-3-7-28(8-4-1)39(29-9-5-2-6-10-29)30-14-22(24-12-26-18-35-37-20-31(26)33-16-24)11-23(15-30)25-13-27-19-36-38-21-32(27)34-17-25/h1-21H. The van der Waals surface area contributed by atoms with Gasteiger partial charge in [-0.3, -0.25) is 9.97 Å². The smallest absolute Gasteiger partial charge is 0.0919 e. The van der Waals surface area contributed by atoms with E-state index >= 15 is 0 Å². The number of nitrogens with zero attached hydrogens (tertiary/aromatic N) is 7. The molecule has 0 saturated carbocycles. The molecular formula is C32H21N7. The van der Waals surface area contributed by atoms with Gasteiger partial charge in [-0.2, -0.15) is 20.4 Å². The van der Waals surface area contributed by atoms with Crippen molar-refractivity contribution < 1.29 is 0 Å². The molecule has 7 nitrogen and oxygen atoms in total. The van der Waals surface area contributed by atoms with Gasteiger partial charge in [0.25, 0.3) is 0 Å². The largest absolute Gasteiger partial charge is 0.310 e. The van der Waals surface area contributed by atoms with Crippen molar-refractivity contribution in [3.05, 3.63) is 128 Å². The van der Waals surface area contributed by atoms with Gasteiger partial charge < -0.3 is 4.90 Å². The van der Waals surface area contributed by atoms with E-state index in [0.29, 0.717) is 0 Å². The number of benzene rings is 3. The maximum absolute atomic E-state index is 4.65. The van der Waals surface area contributed by atoms with E-state index < -0.39 is 0 Å². The predicted octanol–water partition coefficient (Wildman–Crippen LogP) is 7.17. The van der Waals surface area contributed by atoms with Crippen LogP contribution in [0.5, 0.6) is 0 Å². The maximum atomic E-state index is 4.65. The van der Waals surface area contributed by atoms with E-state index in [4.69, 9.17) is 0 Å². The molecule has 184 valence electrons. The molecule has 7 heteroatoms. The SMILES string of the molecule is c1ccc(N(c2ccccc2)c2cc(-c3cnc4cnncc4c3)cc(-c3cnc4cnncc4c3)c2)cc1. The van der Waals surface area contributed by atoms with E-state index in [1.54, 1.807) is 24.8 Å². The van der Waals surface area contributed by atoms with Gasteiger partial charge in [0.2, 0.25) is 0 Å². The number of hydrogen-bond acceptors (Lipinski definition) is 7. The van der Waals surface area contributed by atoms with Crippen molar-refractivity contribution in [1.82, 2.24) is 30.4 Å². The van der Waals surface area contributed by atoms with Crippen LogP contribution in [0.25, 0.3) is 44.1 Å². The summed E-state index contributed by atoms with van der Waals surface area (Å²) in [5.41, 5.74) is 8.77. The fraction of sp³-hybridized carbons (Fsp3) is 0. The first-order valence-corrected chi connectivity index (χ1v) is 12.5. The minimum Gasteiger partial charge on any atom is -0.310 e. The first kappa shape index (κ1) is 22.6. The summed E-state index contributed by atoms with van der Waals surface area (Å²) in [6, 6.07) is 31.5. The molecule has 0 atom stereocenters. The Kier molecular flexibility index (Phi) is 5.64. The first-order chi connectivity index (χ1) is 19.3. The van der Waals surface area contributed by atoms with E-state index in [0.717, 1.165) is 61.1 Å². The molecule has 39 heavy (non-hydrogen) atoms. The Hall–Kier alpha value is -5.56. The van der Waals surface area contributed by atoms with Gasteiger partial charge in [0.15, 0.2) is 0 Å². The first-order valence-electron chi connectivity index (χ1n) is 12.5. The van der Waals surface area contributed by atoms with Gasteiger partial charge in [0.05, 0.1) is 35.8 Å². The summed E-state index contributed by atoms with van der Waals surface area (Å²) in [6.45, 7) is 0. The molecule has 0 unspecified atom stereocenters. The minimum atomic E-state index is 0.806. The lowest BCUT2D eigenvalue weighted by atomic mass is 9.97. The molecule has 7 rings (SSSR count). The second kappa shape index (κ2) is 9.72. The topological polar surface area (TPSA) is 80.6 Å². The van der Waals surface area contributed by atoms with Crippen molar-refractivity contribution >= 4 is 38.9 Å². The van der Waals surface area contributed by atoms with Crippen LogP contribution < -0.4 is 4.90 Å². The Bertz CT molecular complexity index is 1790. The maximum Gasteiger partial charge on any atom is 0.0919 e. The Labute approximate surface area is 224 Å². The number of aromatic nitrogens is 6. The monoisotopic (exact) mass is 503 g/mol. The third-order valence-corrected chi connectivity index (χ3v) is 6.66. The van der Waals surface area contributed by atoms with Crippen LogP contribution in [0, 0.1) is 0 Å². The highest BCUT2D eigenvalue weighted by Crippen LogP contribution is 2.39. The van der Waals surface area contributed by atoms with Gasteiger partial charge in [-0.1, -0.05) is 36.4 Å². The van der Waals surface area contributed by atoms with Crippen molar-refractivity contribution in [2.45, 2.75) is 0 Å². The van der Waals surface area contributed by atoms with Gasteiger partial charge in [-0.25, -0.2) is 0 Å². The molecule has 0 amide bonds. The number of anilines is 3. The normalized spacial score (nSPS) is 11.1. The summed E-state index contributed by atoms with van der Waals surface area (Å²) in [5, 5.41) is 17.9. The zero-order valence-corrected chi connectivity index (χ0v) is 20.8. The van der Waals surface area contributed by atoms with Crippen LogP contribution in [-0.2, 0) is 0 Å². The molecule has 7 aromatic rings. The summed E-state index contributed by atoms with van der Waals surface area (Å²) in [7, 11) is 0. The Morgan fingerprint density at radius 3 is 1.33 bits per heavy atom. The third kappa shape index (κ3) is 4.42. The molecule has 0 bridgehead atoms. The second-order valence-electron chi connectivity index (χ2n) is 9.15. The van der Waals surface area contributed by atoms with Crippen LogP contribution in [0.15, 0.2) is 128 Å². The molecule has 0 N–H and O–H groups in total. The van der Waals surface area contributed by atoms with Crippen molar-refractivity contribution in [2.75, 3.05) is 4.90 Å². The molecule has 0 aliphatic carbocycles. The molecule has 3 aromatic carbocycles. The summed E-state index contributed by atoms with van der Waals surface area (Å²) < 4.78 is 0. The van der Waals surface area contributed by atoms with Gasteiger partial charge >= 0.3 is 0 Å². The number of fused-ring (bicyclic) bond motifs is 2. The second-order valence-corrected chi connectivity index (χ2v) is 9.15. The minimum absolute atomic E-state index is 0.806. The fourth-order valence-electron chi connectivity index (χ4n) is 4.77. The molecule has 4 heterocycles. The van der Waals surface area contributed by atoms with Crippen LogP contribution in [-0.4, -0.2) is 30.4 Å². The average molecular weight is 504 g/mol. The molecule has 0 saturated heterocycles. The van der Waals surface area contributed by atoms with Crippen molar-refractivity contribution in [1.29, 1.82) is 0 Å². The van der Waals surface area contributed by atoms with Crippen LogP contribution in [0.3, 0.4) is 0 Å². The summed E-state index contributed by atoms with van der Waals surface area (Å²) in [4.78, 5) is 11.6. The quantitative estimate of drug-likeness (QED) is 0.246. The van der Waals surface area contributed by atoms with E-state index in [2.05, 4.69) is 114 Å². The van der Waals surface area contributed by atoms with Crippen molar-refractivity contribution in [3.8, 4) is 22.3 Å². The van der Waals surface area contributed by atoms with Crippen molar-refractivity contribution in [2.24, 2.45) is 0 Å². The lowest BCUT2D eigenvalue weighted by molar-refractivity contribution is 1.04. The highest BCUT2D eigenvalue weighted by atomic mass is 15.1. The van der Waals surface area contributed by atoms with E-state index in [1.165, 1.54) is 0 Å². The third-order valence-electron chi connectivity index (χ3n) is 6.66. The molecule has 0 aliphatic heterocycles. The van der Waals surface area contributed by atoms with Gasteiger partial charge in [-0.15, -0.1) is 0 Å². The molecule has 0 radical (unpaired) electrons. The van der Waals surface area contributed by atoms with Gasteiger partial charge in [-0.05, 0) is 65.7 Å². The Morgan fingerprint density at radius 2 is 0.846 bits per heavy atom. The van der Waals surface area contributed by atoms with Crippen LogP contribution in [0.4, 0.5) is 17.1 Å². The zero-order valence-electron chi connectivity index (χ0n) is 20.8. The number of hydrogen-bond donors (Lipinski definition) is 0. The lowest BCUT2D eigenvalue weighted by Crippen LogP contribution is -2.10. The molecule has 4 aromatic heterocycles. The van der Waals surface area contributed by atoms with Crippen molar-refractivity contribution in [3.63, 3.8) is 0 Å². The number of para-hydroxylation sites is 2. The fourth-order valence-corrected chi connectivity index (χ4v) is 4.77. The number of pyridine rings is 2. The summed E-state index contributed by atoms with van der Waals surface area (Å²) in [6.07, 6.45) is 10.6. The Balaban J connectivity index is 1.47. The van der Waals surface area contributed by atoms with E-state index in [-0.39, 0.29) is 0 Å². The summed E-state index contributed by atoms with van der Waals surface area (Å²) >= 11 is 0. The van der Waals surface area contributed by atoms with E-state index in [9.17, 15) is 0 Å². The molecule has 0 aliphatic rings. The lowest BCUT2D eigenvalue weighted by Gasteiger charge is -2.26. The Morgan fingerprint density at radius 1 is 0.385 bits per heavy atom. The van der Waals surface area contributed by atoms with Gasteiger partial charge in [0, 0.05) is 51.4 Å². The predicted molar refractivity (Wildman–Crippen MR) is 154 cm³/mol. The zero-order chi connectivity index (χ0) is 26.0. The summed E-state index contributed by atoms with van der Waals surface area (Å²) in [5.74, 6) is 0. The number of rotatable bonds is 5. The van der Waals surface area contributed by atoms with Crippen LogP contribution >= 0.6 is 0 Å².